The monoisotopic (exact) mass is 331 g/mol. The molecule has 1 fully saturated rings. The van der Waals surface area contributed by atoms with Crippen LogP contribution < -0.4 is 10.2 Å². The van der Waals surface area contributed by atoms with Gasteiger partial charge in [-0.25, -0.2) is 0 Å². The third-order valence-electron chi connectivity index (χ3n) is 5.06. The molecule has 24 heavy (non-hydrogen) atoms. The lowest BCUT2D eigenvalue weighted by atomic mass is 9.80. The molecule has 0 spiro atoms. The van der Waals surface area contributed by atoms with Crippen LogP contribution in [0.4, 0.5) is 11.4 Å². The highest BCUT2D eigenvalue weighted by Crippen LogP contribution is 2.39. The van der Waals surface area contributed by atoms with E-state index >= 15 is 0 Å². The van der Waals surface area contributed by atoms with E-state index in [1.54, 1.807) is 12.1 Å². The van der Waals surface area contributed by atoms with Gasteiger partial charge in [-0.3, -0.25) is 14.9 Å². The Hall–Kier alpha value is -2.11. The predicted octanol–water partition coefficient (Wildman–Crippen LogP) is 2.90. The molecule has 2 aliphatic heterocycles. The summed E-state index contributed by atoms with van der Waals surface area (Å²) in [7, 11) is 0. The maximum Gasteiger partial charge on any atom is 0.269 e. The lowest BCUT2D eigenvalue weighted by molar-refractivity contribution is -0.384. The number of nitrogens with zero attached hydrogens (tertiary/aromatic N) is 2. The van der Waals surface area contributed by atoms with Gasteiger partial charge in [0.1, 0.15) is 0 Å². The van der Waals surface area contributed by atoms with Crippen molar-refractivity contribution < 1.29 is 9.72 Å². The van der Waals surface area contributed by atoms with Crippen LogP contribution in [0, 0.1) is 22.0 Å². The van der Waals surface area contributed by atoms with E-state index in [0.717, 1.165) is 37.1 Å². The van der Waals surface area contributed by atoms with E-state index in [0.29, 0.717) is 18.9 Å². The molecule has 1 aromatic rings. The molecule has 1 N–H and O–H groups in total. The lowest BCUT2D eigenvalue weighted by Crippen LogP contribution is -2.53. The van der Waals surface area contributed by atoms with Crippen molar-refractivity contribution in [2.75, 3.05) is 18.0 Å². The van der Waals surface area contributed by atoms with Crippen LogP contribution in [0.15, 0.2) is 18.2 Å². The van der Waals surface area contributed by atoms with Gasteiger partial charge in [-0.15, -0.1) is 0 Å². The predicted molar refractivity (Wildman–Crippen MR) is 93.1 cm³/mol. The molecule has 1 aromatic carbocycles. The summed E-state index contributed by atoms with van der Waals surface area (Å²) in [4.78, 5) is 25.7. The second-order valence-corrected chi connectivity index (χ2v) is 7.28. The third kappa shape index (κ3) is 3.23. The van der Waals surface area contributed by atoms with E-state index in [4.69, 9.17) is 0 Å². The minimum atomic E-state index is -0.365. The molecule has 0 aliphatic carbocycles. The number of amides is 1. The summed E-state index contributed by atoms with van der Waals surface area (Å²) in [6.45, 7) is 5.74. The molecule has 6 nitrogen and oxygen atoms in total. The zero-order chi connectivity index (χ0) is 17.3. The largest absolute Gasteiger partial charge is 0.368 e. The fourth-order valence-electron chi connectivity index (χ4n) is 3.88. The quantitative estimate of drug-likeness (QED) is 0.680. The molecule has 1 saturated heterocycles. The van der Waals surface area contributed by atoms with Gasteiger partial charge >= 0.3 is 0 Å². The Morgan fingerprint density at radius 3 is 2.92 bits per heavy atom. The van der Waals surface area contributed by atoms with Crippen molar-refractivity contribution in [3.63, 3.8) is 0 Å². The van der Waals surface area contributed by atoms with E-state index < -0.39 is 0 Å². The minimum absolute atomic E-state index is 0.0813. The molecule has 2 heterocycles. The first kappa shape index (κ1) is 16.7. The van der Waals surface area contributed by atoms with Crippen molar-refractivity contribution in [2.24, 2.45) is 11.8 Å². The molecule has 6 heteroatoms. The first-order valence-corrected chi connectivity index (χ1v) is 8.79. The number of nitro groups is 1. The SMILES string of the molecule is CC(C)CNC(=O)C1Cc2cc([N+](=O)[O-])ccc2N2CCCCC12. The van der Waals surface area contributed by atoms with Gasteiger partial charge in [0.15, 0.2) is 0 Å². The van der Waals surface area contributed by atoms with Crippen LogP contribution in [0.1, 0.15) is 38.7 Å². The molecule has 130 valence electrons. The number of rotatable bonds is 4. The summed E-state index contributed by atoms with van der Waals surface area (Å²) in [5, 5.41) is 14.1. The topological polar surface area (TPSA) is 75.5 Å². The zero-order valence-corrected chi connectivity index (χ0v) is 14.3. The number of carbonyl (C=O) groups excluding carboxylic acids is 1. The molecule has 1 amide bonds. The molecule has 2 unspecified atom stereocenters. The van der Waals surface area contributed by atoms with E-state index in [9.17, 15) is 14.9 Å². The van der Waals surface area contributed by atoms with Crippen LogP contribution in [0.2, 0.25) is 0 Å². The number of hydrogen-bond acceptors (Lipinski definition) is 4. The highest BCUT2D eigenvalue weighted by atomic mass is 16.6. The Morgan fingerprint density at radius 2 is 2.21 bits per heavy atom. The number of nitrogens with one attached hydrogen (secondary N) is 1. The summed E-state index contributed by atoms with van der Waals surface area (Å²) in [5.74, 6) is 0.365. The Bertz CT molecular complexity index is 644. The summed E-state index contributed by atoms with van der Waals surface area (Å²) < 4.78 is 0. The van der Waals surface area contributed by atoms with Gasteiger partial charge < -0.3 is 10.2 Å². The maximum absolute atomic E-state index is 12.7. The minimum Gasteiger partial charge on any atom is -0.368 e. The first-order valence-electron chi connectivity index (χ1n) is 8.79. The highest BCUT2D eigenvalue weighted by Gasteiger charge is 2.39. The van der Waals surface area contributed by atoms with Crippen molar-refractivity contribution in [3.05, 3.63) is 33.9 Å². The Labute approximate surface area is 142 Å². The van der Waals surface area contributed by atoms with Crippen LogP contribution in [0.25, 0.3) is 0 Å². The molecule has 2 atom stereocenters. The summed E-state index contributed by atoms with van der Waals surface area (Å²) in [6, 6.07) is 5.28. The highest BCUT2D eigenvalue weighted by molar-refractivity contribution is 5.82. The number of carbonyl (C=O) groups is 1. The van der Waals surface area contributed by atoms with Crippen molar-refractivity contribution in [1.82, 2.24) is 5.32 Å². The second kappa shape index (κ2) is 6.79. The van der Waals surface area contributed by atoms with Gasteiger partial charge in [0, 0.05) is 37.0 Å². The fourth-order valence-corrected chi connectivity index (χ4v) is 3.88. The van der Waals surface area contributed by atoms with E-state index in [1.807, 2.05) is 6.07 Å². The number of nitro benzene ring substituents is 1. The van der Waals surface area contributed by atoms with Gasteiger partial charge in [-0.05, 0) is 43.2 Å². The summed E-state index contributed by atoms with van der Waals surface area (Å²) in [5.41, 5.74) is 2.09. The molecular weight excluding hydrogens is 306 g/mol. The van der Waals surface area contributed by atoms with Crippen LogP contribution >= 0.6 is 0 Å². The van der Waals surface area contributed by atoms with E-state index in [1.165, 1.54) is 0 Å². The first-order chi connectivity index (χ1) is 11.5. The van der Waals surface area contributed by atoms with Gasteiger partial charge in [-0.1, -0.05) is 13.8 Å². The number of anilines is 1. The summed E-state index contributed by atoms with van der Waals surface area (Å²) >= 11 is 0. The second-order valence-electron chi connectivity index (χ2n) is 7.28. The molecule has 0 aromatic heterocycles. The third-order valence-corrected chi connectivity index (χ3v) is 5.06. The average Bonchev–Trinajstić information content (AvgIpc) is 2.58. The van der Waals surface area contributed by atoms with Crippen LogP contribution in [-0.4, -0.2) is 30.0 Å². The average molecular weight is 331 g/mol. The molecule has 0 bridgehead atoms. The fraction of sp³-hybridized carbons (Fsp3) is 0.611. The van der Waals surface area contributed by atoms with Crippen molar-refractivity contribution in [3.8, 4) is 0 Å². The van der Waals surface area contributed by atoms with Crippen molar-refractivity contribution >= 4 is 17.3 Å². The van der Waals surface area contributed by atoms with Gasteiger partial charge in [0.05, 0.1) is 10.8 Å². The molecule has 3 rings (SSSR count). The van der Waals surface area contributed by atoms with Crippen LogP contribution in [0.5, 0.6) is 0 Å². The maximum atomic E-state index is 12.7. The molecular formula is C18H25N3O3. The van der Waals surface area contributed by atoms with Crippen molar-refractivity contribution in [1.29, 1.82) is 0 Å². The number of fused-ring (bicyclic) bond motifs is 3. The normalized spacial score (nSPS) is 22.7. The Balaban J connectivity index is 1.90. The molecule has 0 radical (unpaired) electrons. The van der Waals surface area contributed by atoms with Gasteiger partial charge in [0.2, 0.25) is 5.91 Å². The lowest BCUT2D eigenvalue weighted by Gasteiger charge is -2.46. The van der Waals surface area contributed by atoms with Crippen LogP contribution in [-0.2, 0) is 11.2 Å². The molecule has 0 saturated carbocycles. The Kier molecular flexibility index (Phi) is 4.73. The number of hydrogen-bond donors (Lipinski definition) is 1. The van der Waals surface area contributed by atoms with Gasteiger partial charge in [-0.2, -0.15) is 0 Å². The zero-order valence-electron chi connectivity index (χ0n) is 14.3. The van der Waals surface area contributed by atoms with Gasteiger partial charge in [0.25, 0.3) is 5.69 Å². The van der Waals surface area contributed by atoms with E-state index in [-0.39, 0.29) is 28.5 Å². The number of non-ortho nitro benzene ring substituents is 1. The molecule has 2 aliphatic rings. The standard InChI is InChI=1S/C18H25N3O3/c1-12(2)11-19-18(22)15-10-13-9-14(21(23)24)6-7-16(13)20-8-4-3-5-17(15)20/h6-7,9,12,15,17H,3-5,8,10-11H2,1-2H3,(H,19,22). The number of benzene rings is 1. The van der Waals surface area contributed by atoms with Crippen LogP contribution in [0.3, 0.4) is 0 Å². The number of piperidine rings is 1. The smallest absolute Gasteiger partial charge is 0.269 e. The Morgan fingerprint density at radius 1 is 1.42 bits per heavy atom. The summed E-state index contributed by atoms with van der Waals surface area (Å²) in [6.07, 6.45) is 3.84. The van der Waals surface area contributed by atoms with Crippen molar-refractivity contribution in [2.45, 2.75) is 45.6 Å². The van der Waals surface area contributed by atoms with E-state index in [2.05, 4.69) is 24.1 Å².